The van der Waals surface area contributed by atoms with Crippen molar-refractivity contribution in [2.45, 2.75) is 31.7 Å². The second-order valence-corrected chi connectivity index (χ2v) is 5.83. The summed E-state index contributed by atoms with van der Waals surface area (Å²) in [5.41, 5.74) is 0. The molecule has 0 unspecified atom stereocenters. The number of aliphatic hydroxyl groups is 1. The molecule has 6 heteroatoms. The summed E-state index contributed by atoms with van der Waals surface area (Å²) in [6.07, 6.45) is 3.13. The van der Waals surface area contributed by atoms with Crippen LogP contribution in [0.5, 0.6) is 0 Å². The van der Waals surface area contributed by atoms with Gasteiger partial charge in [0.25, 0.3) is 5.91 Å². The van der Waals surface area contributed by atoms with Crippen molar-refractivity contribution in [1.82, 2.24) is 10.2 Å². The fraction of sp³-hybridized carbons (Fsp3) is 0.571. The normalized spacial score (nSPS) is 14.1. The molecule has 5 nitrogen and oxygen atoms in total. The molecule has 20 heavy (non-hydrogen) atoms. The van der Waals surface area contributed by atoms with Gasteiger partial charge >= 0.3 is 0 Å². The number of rotatable bonds is 8. The highest BCUT2D eigenvalue weighted by Gasteiger charge is 2.31. The van der Waals surface area contributed by atoms with Gasteiger partial charge in [-0.25, -0.2) is 0 Å². The van der Waals surface area contributed by atoms with Crippen LogP contribution in [-0.4, -0.2) is 47.6 Å². The van der Waals surface area contributed by atoms with Crippen LogP contribution < -0.4 is 5.32 Å². The maximum atomic E-state index is 12.0. The van der Waals surface area contributed by atoms with Gasteiger partial charge in [-0.15, -0.1) is 11.3 Å². The summed E-state index contributed by atoms with van der Waals surface area (Å²) in [6, 6.07) is 3.95. The predicted molar refractivity (Wildman–Crippen MR) is 77.7 cm³/mol. The SMILES string of the molecule is O=C(NCCCC(=O)N(CCO)C1CC1)c1cccs1. The number of carbonyl (C=O) groups is 2. The molecule has 1 aromatic heterocycles. The molecule has 1 aliphatic rings. The summed E-state index contributed by atoms with van der Waals surface area (Å²) < 4.78 is 0. The van der Waals surface area contributed by atoms with E-state index in [1.807, 2.05) is 11.4 Å². The molecular weight excluding hydrogens is 276 g/mol. The Labute approximate surface area is 122 Å². The Kier molecular flexibility index (Phi) is 5.55. The Morgan fingerprint density at radius 2 is 2.25 bits per heavy atom. The number of aliphatic hydroxyl groups excluding tert-OH is 1. The number of nitrogens with zero attached hydrogens (tertiary/aromatic N) is 1. The lowest BCUT2D eigenvalue weighted by molar-refractivity contribution is -0.132. The lowest BCUT2D eigenvalue weighted by Gasteiger charge is -2.21. The highest BCUT2D eigenvalue weighted by atomic mass is 32.1. The molecule has 1 aliphatic carbocycles. The zero-order chi connectivity index (χ0) is 14.4. The van der Waals surface area contributed by atoms with Crippen molar-refractivity contribution in [3.8, 4) is 0 Å². The zero-order valence-electron chi connectivity index (χ0n) is 11.4. The molecule has 0 atom stereocenters. The average molecular weight is 296 g/mol. The number of hydrogen-bond acceptors (Lipinski definition) is 4. The van der Waals surface area contributed by atoms with Crippen molar-refractivity contribution in [2.75, 3.05) is 19.7 Å². The Hall–Kier alpha value is -1.40. The van der Waals surface area contributed by atoms with Crippen LogP contribution in [0.15, 0.2) is 17.5 Å². The summed E-state index contributed by atoms with van der Waals surface area (Å²) in [4.78, 5) is 26.1. The minimum Gasteiger partial charge on any atom is -0.395 e. The third kappa shape index (κ3) is 4.31. The van der Waals surface area contributed by atoms with E-state index in [1.165, 1.54) is 11.3 Å². The van der Waals surface area contributed by atoms with E-state index in [2.05, 4.69) is 5.32 Å². The summed E-state index contributed by atoms with van der Waals surface area (Å²) in [7, 11) is 0. The molecular formula is C14H20N2O3S. The van der Waals surface area contributed by atoms with Crippen molar-refractivity contribution >= 4 is 23.2 Å². The predicted octanol–water partition coefficient (Wildman–Crippen LogP) is 1.24. The van der Waals surface area contributed by atoms with Crippen molar-refractivity contribution in [2.24, 2.45) is 0 Å². The standard InChI is InChI=1S/C14H20N2O3S/c17-9-8-16(11-5-6-11)13(18)4-1-7-15-14(19)12-3-2-10-20-12/h2-3,10-11,17H,1,4-9H2,(H,15,19). The molecule has 0 aromatic carbocycles. The summed E-state index contributed by atoms with van der Waals surface area (Å²) in [5, 5.41) is 13.6. The average Bonchev–Trinajstić information content (AvgIpc) is 3.13. The summed E-state index contributed by atoms with van der Waals surface area (Å²) in [5.74, 6) is -0.00576. The van der Waals surface area contributed by atoms with Crippen LogP contribution in [0.25, 0.3) is 0 Å². The smallest absolute Gasteiger partial charge is 0.261 e. The first-order chi connectivity index (χ1) is 9.72. The number of thiophene rings is 1. The monoisotopic (exact) mass is 296 g/mol. The Balaban J connectivity index is 1.65. The second-order valence-electron chi connectivity index (χ2n) is 4.88. The maximum Gasteiger partial charge on any atom is 0.261 e. The van der Waals surface area contributed by atoms with Crippen LogP contribution in [0, 0.1) is 0 Å². The Bertz CT molecular complexity index is 443. The van der Waals surface area contributed by atoms with Crippen LogP contribution in [0.3, 0.4) is 0 Å². The van der Waals surface area contributed by atoms with Crippen LogP contribution >= 0.6 is 11.3 Å². The molecule has 0 radical (unpaired) electrons. The van der Waals surface area contributed by atoms with Gasteiger partial charge in [-0.05, 0) is 30.7 Å². The quantitative estimate of drug-likeness (QED) is 0.709. The lowest BCUT2D eigenvalue weighted by atomic mass is 10.2. The Morgan fingerprint density at radius 3 is 2.85 bits per heavy atom. The van der Waals surface area contributed by atoms with Crippen LogP contribution in [0.1, 0.15) is 35.4 Å². The molecule has 2 rings (SSSR count). The molecule has 1 heterocycles. The first-order valence-corrected chi connectivity index (χ1v) is 7.82. The highest BCUT2D eigenvalue weighted by molar-refractivity contribution is 7.12. The number of nitrogens with one attached hydrogen (secondary N) is 1. The molecule has 1 saturated carbocycles. The van der Waals surface area contributed by atoms with Gasteiger partial charge in [-0.1, -0.05) is 6.07 Å². The van der Waals surface area contributed by atoms with Gasteiger partial charge in [0.05, 0.1) is 11.5 Å². The van der Waals surface area contributed by atoms with E-state index in [-0.39, 0.29) is 18.4 Å². The Morgan fingerprint density at radius 1 is 1.45 bits per heavy atom. The van der Waals surface area contributed by atoms with Crippen LogP contribution in [0.4, 0.5) is 0 Å². The number of hydrogen-bond donors (Lipinski definition) is 2. The topological polar surface area (TPSA) is 69.6 Å². The third-order valence-corrected chi connectivity index (χ3v) is 4.12. The van der Waals surface area contributed by atoms with Gasteiger partial charge in [0.1, 0.15) is 0 Å². The summed E-state index contributed by atoms with van der Waals surface area (Å²) in [6.45, 7) is 0.933. The van der Waals surface area contributed by atoms with Gasteiger partial charge in [0, 0.05) is 25.6 Å². The van der Waals surface area contributed by atoms with E-state index in [0.29, 0.717) is 36.9 Å². The van der Waals surface area contributed by atoms with Gasteiger partial charge in [0.15, 0.2) is 0 Å². The molecule has 110 valence electrons. The lowest BCUT2D eigenvalue weighted by Crippen LogP contribution is -2.36. The first-order valence-electron chi connectivity index (χ1n) is 6.94. The van der Waals surface area contributed by atoms with E-state index in [1.54, 1.807) is 11.0 Å². The molecule has 2 N–H and O–H groups in total. The maximum absolute atomic E-state index is 12.0. The highest BCUT2D eigenvalue weighted by Crippen LogP contribution is 2.27. The van der Waals surface area contributed by atoms with E-state index in [9.17, 15) is 9.59 Å². The number of amides is 2. The van der Waals surface area contributed by atoms with E-state index in [0.717, 1.165) is 12.8 Å². The third-order valence-electron chi connectivity index (χ3n) is 3.25. The zero-order valence-corrected chi connectivity index (χ0v) is 12.2. The van der Waals surface area contributed by atoms with E-state index < -0.39 is 0 Å². The van der Waals surface area contributed by atoms with E-state index in [4.69, 9.17) is 5.11 Å². The van der Waals surface area contributed by atoms with Crippen molar-refractivity contribution in [1.29, 1.82) is 0 Å². The molecule has 2 amide bonds. The van der Waals surface area contributed by atoms with Crippen molar-refractivity contribution < 1.29 is 14.7 Å². The molecule has 0 saturated heterocycles. The van der Waals surface area contributed by atoms with Gasteiger partial charge in [-0.2, -0.15) is 0 Å². The fourth-order valence-electron chi connectivity index (χ4n) is 2.08. The van der Waals surface area contributed by atoms with Crippen LogP contribution in [-0.2, 0) is 4.79 Å². The second kappa shape index (κ2) is 7.40. The molecule has 0 spiro atoms. The van der Waals surface area contributed by atoms with Gasteiger partial charge < -0.3 is 15.3 Å². The summed E-state index contributed by atoms with van der Waals surface area (Å²) >= 11 is 1.40. The van der Waals surface area contributed by atoms with Crippen molar-refractivity contribution in [3.05, 3.63) is 22.4 Å². The van der Waals surface area contributed by atoms with E-state index >= 15 is 0 Å². The molecule has 0 aliphatic heterocycles. The number of carbonyl (C=O) groups excluding carboxylic acids is 2. The van der Waals surface area contributed by atoms with Crippen molar-refractivity contribution in [3.63, 3.8) is 0 Å². The van der Waals surface area contributed by atoms with Gasteiger partial charge in [0.2, 0.25) is 5.91 Å². The molecule has 1 fully saturated rings. The molecule has 1 aromatic rings. The molecule has 0 bridgehead atoms. The first kappa shape index (κ1) is 15.0. The minimum absolute atomic E-state index is 0.0113. The largest absolute Gasteiger partial charge is 0.395 e. The minimum atomic E-state index is -0.0816. The fourth-order valence-corrected chi connectivity index (χ4v) is 2.72. The van der Waals surface area contributed by atoms with Gasteiger partial charge in [-0.3, -0.25) is 9.59 Å². The van der Waals surface area contributed by atoms with Crippen LogP contribution in [0.2, 0.25) is 0 Å².